The summed E-state index contributed by atoms with van der Waals surface area (Å²) in [5.74, 6) is -1.76. The number of hydrogen-bond acceptors (Lipinski definition) is 3. The van der Waals surface area contributed by atoms with Crippen molar-refractivity contribution < 1.29 is 23.2 Å². The first kappa shape index (κ1) is 21.9. The van der Waals surface area contributed by atoms with Crippen LogP contribution >= 0.6 is 0 Å². The van der Waals surface area contributed by atoms with Gasteiger partial charge >= 0.3 is 6.03 Å². The van der Waals surface area contributed by atoms with Gasteiger partial charge in [0.1, 0.15) is 17.3 Å². The number of anilines is 1. The second-order valence-electron chi connectivity index (χ2n) is 6.98. The largest absolute Gasteiger partial charge is 0.334 e. The lowest BCUT2D eigenvalue weighted by Gasteiger charge is -2.35. The van der Waals surface area contributed by atoms with Crippen LogP contribution in [0, 0.1) is 11.6 Å². The van der Waals surface area contributed by atoms with Gasteiger partial charge in [-0.3, -0.25) is 9.59 Å². The zero-order valence-corrected chi connectivity index (χ0v) is 16.9. The molecule has 1 heterocycles. The SMILES string of the molecule is CC(=O)N/C(=C\c1ccc(F)cc1)C(=O)N1CCN(C(=O)Nc2ccccc2F)CC1. The average Bonchev–Trinajstić information content (AvgIpc) is 2.75. The van der Waals surface area contributed by atoms with Crippen molar-refractivity contribution in [2.24, 2.45) is 0 Å². The molecule has 0 aromatic heterocycles. The van der Waals surface area contributed by atoms with Gasteiger partial charge in [0.25, 0.3) is 5.91 Å². The van der Waals surface area contributed by atoms with Crippen molar-refractivity contribution in [1.82, 2.24) is 15.1 Å². The Labute approximate surface area is 178 Å². The second-order valence-corrected chi connectivity index (χ2v) is 6.98. The van der Waals surface area contributed by atoms with E-state index in [0.29, 0.717) is 5.56 Å². The molecular weight excluding hydrogens is 406 g/mol. The fourth-order valence-electron chi connectivity index (χ4n) is 3.11. The van der Waals surface area contributed by atoms with Crippen LogP contribution in [0.3, 0.4) is 0 Å². The Morgan fingerprint density at radius 2 is 1.52 bits per heavy atom. The molecule has 1 saturated heterocycles. The van der Waals surface area contributed by atoms with E-state index in [-0.39, 0.29) is 37.6 Å². The van der Waals surface area contributed by atoms with Gasteiger partial charge in [-0.25, -0.2) is 13.6 Å². The summed E-state index contributed by atoms with van der Waals surface area (Å²) in [7, 11) is 0. The Morgan fingerprint density at radius 3 is 2.13 bits per heavy atom. The number of rotatable bonds is 4. The summed E-state index contributed by atoms with van der Waals surface area (Å²) >= 11 is 0. The standard InChI is InChI=1S/C22H22F2N4O3/c1-15(29)25-20(14-16-6-8-17(23)9-7-16)21(30)27-10-12-28(13-11-27)22(31)26-19-5-3-2-4-18(19)24/h2-9,14H,10-13H2,1H3,(H,25,29)(H,26,31)/b20-14-. The molecule has 4 amide bonds. The molecule has 31 heavy (non-hydrogen) atoms. The smallest absolute Gasteiger partial charge is 0.322 e. The molecule has 1 aliphatic rings. The molecule has 9 heteroatoms. The second kappa shape index (κ2) is 9.84. The average molecular weight is 428 g/mol. The van der Waals surface area contributed by atoms with Crippen LogP contribution in [0.25, 0.3) is 6.08 Å². The molecule has 1 fully saturated rings. The quantitative estimate of drug-likeness (QED) is 0.735. The fourth-order valence-corrected chi connectivity index (χ4v) is 3.11. The van der Waals surface area contributed by atoms with E-state index in [1.807, 2.05) is 0 Å². The third-order valence-corrected chi connectivity index (χ3v) is 4.69. The van der Waals surface area contributed by atoms with Crippen LogP contribution in [0.2, 0.25) is 0 Å². The van der Waals surface area contributed by atoms with Crippen molar-refractivity contribution in [3.63, 3.8) is 0 Å². The van der Waals surface area contributed by atoms with E-state index in [1.54, 1.807) is 6.07 Å². The van der Waals surface area contributed by atoms with E-state index in [4.69, 9.17) is 0 Å². The highest BCUT2D eigenvalue weighted by Crippen LogP contribution is 2.15. The number of nitrogens with zero attached hydrogens (tertiary/aromatic N) is 2. The number of urea groups is 1. The fraction of sp³-hybridized carbons (Fsp3) is 0.227. The normalized spacial score (nSPS) is 14.2. The molecule has 3 rings (SSSR count). The first-order valence-corrected chi connectivity index (χ1v) is 9.68. The number of carbonyl (C=O) groups is 3. The lowest BCUT2D eigenvalue weighted by molar-refractivity contribution is -0.130. The molecule has 2 N–H and O–H groups in total. The topological polar surface area (TPSA) is 81.8 Å². The van der Waals surface area contributed by atoms with Gasteiger partial charge in [0, 0.05) is 33.1 Å². The summed E-state index contributed by atoms with van der Waals surface area (Å²) in [5, 5.41) is 5.04. The van der Waals surface area contributed by atoms with Crippen LogP contribution in [0.4, 0.5) is 19.3 Å². The monoisotopic (exact) mass is 428 g/mol. The van der Waals surface area contributed by atoms with Crippen LogP contribution in [0.15, 0.2) is 54.2 Å². The number of nitrogens with one attached hydrogen (secondary N) is 2. The van der Waals surface area contributed by atoms with Gasteiger partial charge in [-0.2, -0.15) is 0 Å². The summed E-state index contributed by atoms with van der Waals surface area (Å²) in [5.41, 5.74) is 0.700. The van der Waals surface area contributed by atoms with Gasteiger partial charge in [0.15, 0.2) is 0 Å². The first-order chi connectivity index (χ1) is 14.8. The minimum Gasteiger partial charge on any atom is -0.334 e. The molecule has 2 aromatic rings. The molecule has 0 aliphatic carbocycles. The van der Waals surface area contributed by atoms with Crippen molar-refractivity contribution in [3.8, 4) is 0 Å². The predicted molar refractivity (Wildman–Crippen MR) is 112 cm³/mol. The number of carbonyl (C=O) groups excluding carboxylic acids is 3. The van der Waals surface area contributed by atoms with Crippen LogP contribution in [-0.4, -0.2) is 53.8 Å². The van der Waals surface area contributed by atoms with Crippen LogP contribution < -0.4 is 10.6 Å². The summed E-state index contributed by atoms with van der Waals surface area (Å²) in [6, 6.07) is 10.9. The molecule has 0 atom stereocenters. The number of halogens is 2. The molecule has 0 radical (unpaired) electrons. The zero-order valence-electron chi connectivity index (χ0n) is 16.9. The van der Waals surface area contributed by atoms with Crippen molar-refractivity contribution in [1.29, 1.82) is 0 Å². The van der Waals surface area contributed by atoms with E-state index in [2.05, 4.69) is 10.6 Å². The Balaban J connectivity index is 1.64. The highest BCUT2D eigenvalue weighted by atomic mass is 19.1. The number of hydrogen-bond donors (Lipinski definition) is 2. The molecule has 7 nitrogen and oxygen atoms in total. The molecule has 1 aliphatic heterocycles. The maximum absolute atomic E-state index is 13.7. The minimum atomic E-state index is -0.532. The van der Waals surface area contributed by atoms with Crippen molar-refractivity contribution >= 4 is 29.6 Å². The van der Waals surface area contributed by atoms with Gasteiger partial charge in [-0.15, -0.1) is 0 Å². The predicted octanol–water partition coefficient (Wildman–Crippen LogP) is 2.82. The Bertz CT molecular complexity index is 1000. The zero-order chi connectivity index (χ0) is 22.4. The van der Waals surface area contributed by atoms with Crippen LogP contribution in [-0.2, 0) is 9.59 Å². The Hall–Kier alpha value is -3.75. The number of piperazine rings is 1. The van der Waals surface area contributed by atoms with E-state index in [9.17, 15) is 23.2 Å². The Kier molecular flexibility index (Phi) is 6.96. The Morgan fingerprint density at radius 1 is 0.903 bits per heavy atom. The van der Waals surface area contributed by atoms with E-state index in [1.165, 1.54) is 65.3 Å². The highest BCUT2D eigenvalue weighted by Gasteiger charge is 2.26. The summed E-state index contributed by atoms with van der Waals surface area (Å²) in [4.78, 5) is 39.9. The molecule has 0 bridgehead atoms. The number of para-hydroxylation sites is 1. The highest BCUT2D eigenvalue weighted by molar-refractivity contribution is 6.01. The van der Waals surface area contributed by atoms with Gasteiger partial charge in [0.2, 0.25) is 5.91 Å². The van der Waals surface area contributed by atoms with E-state index in [0.717, 1.165) is 0 Å². The maximum atomic E-state index is 13.7. The van der Waals surface area contributed by atoms with Gasteiger partial charge in [0.05, 0.1) is 5.69 Å². The third-order valence-electron chi connectivity index (χ3n) is 4.69. The third kappa shape index (κ3) is 5.88. The lowest BCUT2D eigenvalue weighted by atomic mass is 10.1. The van der Waals surface area contributed by atoms with Crippen LogP contribution in [0.1, 0.15) is 12.5 Å². The molecular formula is C22H22F2N4O3. The summed E-state index contributed by atoms with van der Waals surface area (Å²) < 4.78 is 26.9. The van der Waals surface area contributed by atoms with Crippen molar-refractivity contribution in [2.75, 3.05) is 31.5 Å². The minimum absolute atomic E-state index is 0.0587. The first-order valence-electron chi connectivity index (χ1n) is 9.68. The van der Waals surface area contributed by atoms with Crippen LogP contribution in [0.5, 0.6) is 0 Å². The van der Waals surface area contributed by atoms with Crippen molar-refractivity contribution in [3.05, 3.63) is 71.4 Å². The maximum Gasteiger partial charge on any atom is 0.322 e. The van der Waals surface area contributed by atoms with E-state index >= 15 is 0 Å². The molecule has 0 saturated carbocycles. The number of amides is 4. The van der Waals surface area contributed by atoms with E-state index < -0.39 is 29.5 Å². The lowest BCUT2D eigenvalue weighted by Crippen LogP contribution is -2.52. The van der Waals surface area contributed by atoms with Gasteiger partial charge in [-0.1, -0.05) is 24.3 Å². The van der Waals surface area contributed by atoms with Crippen molar-refractivity contribution in [2.45, 2.75) is 6.92 Å². The molecule has 0 spiro atoms. The molecule has 162 valence electrons. The van der Waals surface area contributed by atoms with Gasteiger partial charge in [-0.05, 0) is 35.9 Å². The summed E-state index contributed by atoms with van der Waals surface area (Å²) in [6.45, 7) is 2.26. The summed E-state index contributed by atoms with van der Waals surface area (Å²) in [6.07, 6.45) is 1.47. The molecule has 2 aromatic carbocycles. The molecule has 0 unspecified atom stereocenters. The van der Waals surface area contributed by atoms with Gasteiger partial charge < -0.3 is 20.4 Å². The number of benzene rings is 2.